The van der Waals surface area contributed by atoms with E-state index < -0.39 is 5.97 Å². The molecule has 23 heavy (non-hydrogen) atoms. The van der Waals surface area contributed by atoms with Crippen molar-refractivity contribution in [3.05, 3.63) is 60.2 Å². The molecule has 2 aromatic rings. The largest absolute Gasteiger partial charge is 0.491 e. The molecule has 0 aliphatic heterocycles. The fourth-order valence-electron chi connectivity index (χ4n) is 1.87. The number of nitrogens with one attached hydrogen (secondary N) is 1. The molecule has 0 bridgehead atoms. The van der Waals surface area contributed by atoms with E-state index in [1.165, 1.54) is 0 Å². The number of ether oxygens (including phenoxy) is 2. The van der Waals surface area contributed by atoms with Gasteiger partial charge in [0.1, 0.15) is 5.75 Å². The average Bonchev–Trinajstić information content (AvgIpc) is 2.54. The zero-order chi connectivity index (χ0) is 16.7. The molecule has 0 saturated carbocycles. The lowest BCUT2D eigenvalue weighted by Crippen LogP contribution is -2.20. The zero-order valence-electron chi connectivity index (χ0n) is 13.1. The molecule has 0 heterocycles. The predicted octanol–water partition coefficient (Wildman–Crippen LogP) is 3.27. The van der Waals surface area contributed by atoms with Crippen molar-refractivity contribution in [2.24, 2.45) is 0 Å². The van der Waals surface area contributed by atoms with E-state index in [2.05, 4.69) is 5.32 Å². The summed E-state index contributed by atoms with van der Waals surface area (Å²) in [6.07, 6.45) is 0.0643. The molecule has 5 heteroatoms. The first kappa shape index (κ1) is 16.5. The third kappa shape index (κ3) is 5.47. The maximum absolute atomic E-state index is 11.9. The van der Waals surface area contributed by atoms with Gasteiger partial charge >= 0.3 is 5.97 Å². The second-order valence-electron chi connectivity index (χ2n) is 5.18. The summed E-state index contributed by atoms with van der Waals surface area (Å²) in [5.74, 6) is -0.257. The SMILES string of the molecule is CC(C)Oc1ccc(C(=O)OCC(=O)Nc2ccccc2)cc1. The lowest BCUT2D eigenvalue weighted by Gasteiger charge is -2.10. The van der Waals surface area contributed by atoms with Crippen LogP contribution in [0.25, 0.3) is 0 Å². The van der Waals surface area contributed by atoms with E-state index in [9.17, 15) is 9.59 Å². The molecule has 5 nitrogen and oxygen atoms in total. The highest BCUT2D eigenvalue weighted by molar-refractivity contribution is 5.95. The van der Waals surface area contributed by atoms with Crippen molar-refractivity contribution < 1.29 is 19.1 Å². The predicted molar refractivity (Wildman–Crippen MR) is 87.6 cm³/mol. The molecule has 0 spiro atoms. The normalized spacial score (nSPS) is 10.2. The maximum atomic E-state index is 11.9. The third-order valence-electron chi connectivity index (χ3n) is 2.85. The van der Waals surface area contributed by atoms with E-state index in [-0.39, 0.29) is 18.6 Å². The van der Waals surface area contributed by atoms with Gasteiger partial charge in [-0.15, -0.1) is 0 Å². The van der Waals surface area contributed by atoms with E-state index in [1.54, 1.807) is 36.4 Å². The van der Waals surface area contributed by atoms with Crippen LogP contribution >= 0.6 is 0 Å². The van der Waals surface area contributed by atoms with Crippen LogP contribution in [0.2, 0.25) is 0 Å². The van der Waals surface area contributed by atoms with Crippen molar-refractivity contribution in [2.45, 2.75) is 20.0 Å². The van der Waals surface area contributed by atoms with Crippen molar-refractivity contribution >= 4 is 17.6 Å². The fraction of sp³-hybridized carbons (Fsp3) is 0.222. The molecule has 2 aromatic carbocycles. The number of hydrogen-bond donors (Lipinski definition) is 1. The number of esters is 1. The molecule has 0 fully saturated rings. The maximum Gasteiger partial charge on any atom is 0.338 e. The second kappa shape index (κ2) is 7.98. The molecule has 0 aromatic heterocycles. The summed E-state index contributed by atoms with van der Waals surface area (Å²) < 4.78 is 10.5. The lowest BCUT2D eigenvalue weighted by molar-refractivity contribution is -0.119. The fourth-order valence-corrected chi connectivity index (χ4v) is 1.87. The number of amides is 1. The van der Waals surface area contributed by atoms with Gasteiger partial charge in [-0.2, -0.15) is 0 Å². The molecule has 0 aliphatic rings. The Balaban J connectivity index is 1.83. The van der Waals surface area contributed by atoms with Crippen LogP contribution in [0.5, 0.6) is 5.75 Å². The first-order chi connectivity index (χ1) is 11.0. The van der Waals surface area contributed by atoms with Gasteiger partial charge < -0.3 is 14.8 Å². The molecule has 120 valence electrons. The molecule has 0 saturated heterocycles. The van der Waals surface area contributed by atoms with E-state index >= 15 is 0 Å². The second-order valence-corrected chi connectivity index (χ2v) is 5.18. The number of anilines is 1. The number of hydrogen-bond acceptors (Lipinski definition) is 4. The summed E-state index contributed by atoms with van der Waals surface area (Å²) in [7, 11) is 0. The molecular weight excluding hydrogens is 294 g/mol. The van der Waals surface area contributed by atoms with Crippen LogP contribution in [-0.4, -0.2) is 24.6 Å². The minimum Gasteiger partial charge on any atom is -0.491 e. The molecule has 1 amide bonds. The van der Waals surface area contributed by atoms with E-state index in [0.29, 0.717) is 17.0 Å². The Bertz CT molecular complexity index is 650. The summed E-state index contributed by atoms with van der Waals surface area (Å²) in [5, 5.41) is 2.64. The van der Waals surface area contributed by atoms with Crippen LogP contribution in [0.4, 0.5) is 5.69 Å². The van der Waals surface area contributed by atoms with Crippen LogP contribution in [0.15, 0.2) is 54.6 Å². The van der Waals surface area contributed by atoms with Gasteiger partial charge in [0.05, 0.1) is 11.7 Å². The molecule has 0 aliphatic carbocycles. The molecule has 0 radical (unpaired) electrons. The average molecular weight is 313 g/mol. The molecular formula is C18H19NO4. The molecule has 0 unspecified atom stereocenters. The number of benzene rings is 2. The van der Waals surface area contributed by atoms with Gasteiger partial charge in [0.2, 0.25) is 0 Å². The first-order valence-corrected chi connectivity index (χ1v) is 7.33. The van der Waals surface area contributed by atoms with Gasteiger partial charge in [-0.3, -0.25) is 4.79 Å². The van der Waals surface area contributed by atoms with Gasteiger partial charge in [-0.1, -0.05) is 18.2 Å². The highest BCUT2D eigenvalue weighted by Gasteiger charge is 2.10. The summed E-state index contributed by atoms with van der Waals surface area (Å²) in [6, 6.07) is 15.6. The summed E-state index contributed by atoms with van der Waals surface area (Å²) in [5.41, 5.74) is 1.03. The molecule has 0 atom stereocenters. The quantitative estimate of drug-likeness (QED) is 0.831. The zero-order valence-corrected chi connectivity index (χ0v) is 13.1. The van der Waals surface area contributed by atoms with Gasteiger partial charge in [-0.05, 0) is 50.2 Å². The number of para-hydroxylation sites is 1. The first-order valence-electron chi connectivity index (χ1n) is 7.33. The van der Waals surface area contributed by atoms with Crippen molar-refractivity contribution in [1.82, 2.24) is 0 Å². The lowest BCUT2D eigenvalue weighted by atomic mass is 10.2. The Kier molecular flexibility index (Phi) is 5.74. The van der Waals surface area contributed by atoms with E-state index in [4.69, 9.17) is 9.47 Å². The van der Waals surface area contributed by atoms with Crippen molar-refractivity contribution in [1.29, 1.82) is 0 Å². The Hall–Kier alpha value is -2.82. The summed E-state index contributed by atoms with van der Waals surface area (Å²) in [6.45, 7) is 3.51. The third-order valence-corrected chi connectivity index (χ3v) is 2.85. The Morgan fingerprint density at radius 2 is 1.65 bits per heavy atom. The monoisotopic (exact) mass is 313 g/mol. The van der Waals surface area contributed by atoms with Crippen LogP contribution in [-0.2, 0) is 9.53 Å². The Labute approximate surface area is 135 Å². The smallest absolute Gasteiger partial charge is 0.338 e. The highest BCUT2D eigenvalue weighted by atomic mass is 16.5. The number of carbonyl (C=O) groups is 2. The minimum atomic E-state index is -0.552. The topological polar surface area (TPSA) is 64.6 Å². The Morgan fingerprint density at radius 3 is 2.26 bits per heavy atom. The summed E-state index contributed by atoms with van der Waals surface area (Å²) >= 11 is 0. The summed E-state index contributed by atoms with van der Waals surface area (Å²) in [4.78, 5) is 23.6. The number of carbonyl (C=O) groups excluding carboxylic acids is 2. The minimum absolute atomic E-state index is 0.0643. The number of rotatable bonds is 6. The van der Waals surface area contributed by atoms with E-state index in [0.717, 1.165) is 0 Å². The van der Waals surface area contributed by atoms with Crippen LogP contribution in [0.3, 0.4) is 0 Å². The Morgan fingerprint density at radius 1 is 1.00 bits per heavy atom. The highest BCUT2D eigenvalue weighted by Crippen LogP contribution is 2.14. The standard InChI is InChI=1S/C18H19NO4/c1-13(2)23-16-10-8-14(9-11-16)18(21)22-12-17(20)19-15-6-4-3-5-7-15/h3-11,13H,12H2,1-2H3,(H,19,20). The van der Waals surface area contributed by atoms with Gasteiger partial charge in [-0.25, -0.2) is 4.79 Å². The van der Waals surface area contributed by atoms with Crippen molar-refractivity contribution in [3.63, 3.8) is 0 Å². The van der Waals surface area contributed by atoms with Crippen molar-refractivity contribution in [3.8, 4) is 5.75 Å². The van der Waals surface area contributed by atoms with Gasteiger partial charge in [0.25, 0.3) is 5.91 Å². The van der Waals surface area contributed by atoms with Gasteiger partial charge in [0.15, 0.2) is 6.61 Å². The molecule has 2 rings (SSSR count). The van der Waals surface area contributed by atoms with Crippen LogP contribution in [0.1, 0.15) is 24.2 Å². The molecule has 1 N–H and O–H groups in total. The van der Waals surface area contributed by atoms with E-state index in [1.807, 2.05) is 32.0 Å². The van der Waals surface area contributed by atoms with Crippen LogP contribution in [0, 0.1) is 0 Å². The van der Waals surface area contributed by atoms with Gasteiger partial charge in [0, 0.05) is 5.69 Å². The van der Waals surface area contributed by atoms with Crippen LogP contribution < -0.4 is 10.1 Å². The van der Waals surface area contributed by atoms with Crippen molar-refractivity contribution in [2.75, 3.05) is 11.9 Å².